The zero-order chi connectivity index (χ0) is 15.7. The van der Waals surface area contributed by atoms with Crippen LogP contribution in [0.5, 0.6) is 0 Å². The second-order valence-corrected chi connectivity index (χ2v) is 6.37. The highest BCUT2D eigenvalue weighted by Crippen LogP contribution is 2.32. The molecular weight excluding hydrogens is 306 g/mol. The van der Waals surface area contributed by atoms with E-state index in [9.17, 15) is 13.6 Å². The van der Waals surface area contributed by atoms with Gasteiger partial charge in [-0.05, 0) is 42.5 Å². The van der Waals surface area contributed by atoms with Gasteiger partial charge < -0.3 is 5.32 Å². The Hall–Kier alpha value is -1.79. The highest BCUT2D eigenvalue weighted by Gasteiger charge is 2.26. The smallest absolute Gasteiger partial charge is 0.238 e. The molecule has 1 aromatic carbocycles. The molecule has 3 nitrogen and oxygen atoms in total. The van der Waals surface area contributed by atoms with Gasteiger partial charge in [0.25, 0.3) is 0 Å². The molecule has 0 spiro atoms. The zero-order valence-electron chi connectivity index (χ0n) is 12.1. The van der Waals surface area contributed by atoms with Crippen LogP contribution >= 0.6 is 11.3 Å². The number of anilines is 1. The van der Waals surface area contributed by atoms with E-state index in [0.717, 1.165) is 25.1 Å². The van der Waals surface area contributed by atoms with Crippen LogP contribution in [0.15, 0.2) is 29.6 Å². The van der Waals surface area contributed by atoms with Crippen molar-refractivity contribution < 1.29 is 13.6 Å². The van der Waals surface area contributed by atoms with Gasteiger partial charge in [-0.2, -0.15) is 0 Å². The first kappa shape index (κ1) is 15.1. The molecule has 2 heterocycles. The molecule has 1 aliphatic heterocycles. The number of carbonyl (C=O) groups is 1. The number of thiophene rings is 1. The number of fused-ring (bicyclic) bond motifs is 1. The van der Waals surface area contributed by atoms with E-state index in [4.69, 9.17) is 0 Å². The van der Waals surface area contributed by atoms with Crippen molar-refractivity contribution in [1.29, 1.82) is 0 Å². The van der Waals surface area contributed by atoms with E-state index in [2.05, 4.69) is 28.6 Å². The minimum Gasteiger partial charge on any atom is -0.325 e. The molecule has 1 amide bonds. The molecular formula is C16H16F2N2OS. The molecule has 1 N–H and O–H groups in total. The van der Waals surface area contributed by atoms with Gasteiger partial charge >= 0.3 is 0 Å². The van der Waals surface area contributed by atoms with E-state index in [1.54, 1.807) is 11.3 Å². The van der Waals surface area contributed by atoms with Gasteiger partial charge in [0.15, 0.2) is 11.6 Å². The monoisotopic (exact) mass is 322 g/mol. The third-order valence-corrected chi connectivity index (χ3v) is 4.95. The number of hydrogen-bond donors (Lipinski definition) is 1. The van der Waals surface area contributed by atoms with Gasteiger partial charge in [0.1, 0.15) is 0 Å². The molecule has 1 aromatic heterocycles. The molecule has 1 aliphatic rings. The van der Waals surface area contributed by atoms with Crippen LogP contribution in [0.3, 0.4) is 0 Å². The van der Waals surface area contributed by atoms with Crippen molar-refractivity contribution in [3.63, 3.8) is 0 Å². The number of carbonyl (C=O) groups excluding carboxylic acids is 1. The second kappa shape index (κ2) is 6.14. The van der Waals surface area contributed by atoms with Crippen molar-refractivity contribution in [2.75, 3.05) is 18.4 Å². The lowest BCUT2D eigenvalue weighted by atomic mass is 10.0. The standard InChI is InChI=1S/C16H16F2N2OS/c1-10-12-5-7-22-15(12)4-6-20(10)9-16(21)19-11-2-3-13(17)14(18)8-11/h2-3,5,7-8,10H,4,6,9H2,1H3,(H,19,21)/t10-/m0/s1. The van der Waals surface area contributed by atoms with Gasteiger partial charge in [-0.1, -0.05) is 0 Å². The lowest BCUT2D eigenvalue weighted by molar-refractivity contribution is -0.117. The van der Waals surface area contributed by atoms with Gasteiger partial charge in [0.2, 0.25) is 5.91 Å². The maximum Gasteiger partial charge on any atom is 0.238 e. The van der Waals surface area contributed by atoms with E-state index in [0.29, 0.717) is 0 Å². The number of hydrogen-bond acceptors (Lipinski definition) is 3. The number of nitrogens with zero attached hydrogens (tertiary/aromatic N) is 1. The molecule has 0 saturated carbocycles. The summed E-state index contributed by atoms with van der Waals surface area (Å²) < 4.78 is 26.0. The number of nitrogens with one attached hydrogen (secondary N) is 1. The molecule has 6 heteroatoms. The van der Waals surface area contributed by atoms with Crippen LogP contribution in [-0.2, 0) is 11.2 Å². The Morgan fingerprint density at radius 3 is 2.95 bits per heavy atom. The largest absolute Gasteiger partial charge is 0.325 e. The van der Waals surface area contributed by atoms with Gasteiger partial charge in [-0.15, -0.1) is 11.3 Å². The fourth-order valence-corrected chi connectivity index (χ4v) is 3.70. The Balaban J connectivity index is 1.64. The molecule has 116 valence electrons. The van der Waals surface area contributed by atoms with Crippen molar-refractivity contribution in [2.45, 2.75) is 19.4 Å². The summed E-state index contributed by atoms with van der Waals surface area (Å²) in [6, 6.07) is 5.64. The summed E-state index contributed by atoms with van der Waals surface area (Å²) >= 11 is 1.75. The minimum absolute atomic E-state index is 0.186. The summed E-state index contributed by atoms with van der Waals surface area (Å²) in [4.78, 5) is 15.6. The topological polar surface area (TPSA) is 32.3 Å². The van der Waals surface area contributed by atoms with Crippen LogP contribution < -0.4 is 5.32 Å². The van der Waals surface area contributed by atoms with E-state index in [1.807, 2.05) is 0 Å². The minimum atomic E-state index is -0.966. The molecule has 0 unspecified atom stereocenters. The number of amides is 1. The first-order valence-corrected chi connectivity index (χ1v) is 7.98. The third kappa shape index (κ3) is 3.03. The number of rotatable bonds is 3. The molecule has 3 rings (SSSR count). The molecule has 0 bridgehead atoms. The Labute approximate surface area is 131 Å². The van der Waals surface area contributed by atoms with Gasteiger partial charge in [-0.3, -0.25) is 9.69 Å². The summed E-state index contributed by atoms with van der Waals surface area (Å²) in [7, 11) is 0. The Morgan fingerprint density at radius 1 is 1.36 bits per heavy atom. The van der Waals surface area contributed by atoms with Crippen LogP contribution in [-0.4, -0.2) is 23.9 Å². The molecule has 0 aliphatic carbocycles. The average molecular weight is 322 g/mol. The van der Waals surface area contributed by atoms with E-state index in [1.165, 1.54) is 16.5 Å². The van der Waals surface area contributed by atoms with Gasteiger partial charge in [-0.25, -0.2) is 8.78 Å². The highest BCUT2D eigenvalue weighted by atomic mass is 32.1. The first-order chi connectivity index (χ1) is 10.5. The highest BCUT2D eigenvalue weighted by molar-refractivity contribution is 7.10. The summed E-state index contributed by atoms with van der Waals surface area (Å²) in [5, 5.41) is 4.69. The van der Waals surface area contributed by atoms with E-state index in [-0.39, 0.29) is 24.2 Å². The first-order valence-electron chi connectivity index (χ1n) is 7.10. The van der Waals surface area contributed by atoms with Crippen molar-refractivity contribution in [1.82, 2.24) is 4.90 Å². The van der Waals surface area contributed by atoms with E-state index < -0.39 is 11.6 Å². The average Bonchev–Trinajstić information content (AvgIpc) is 2.95. The normalized spacial score (nSPS) is 18.0. The predicted molar refractivity (Wildman–Crippen MR) is 83.0 cm³/mol. The van der Waals surface area contributed by atoms with Crippen LogP contribution in [0.1, 0.15) is 23.4 Å². The van der Waals surface area contributed by atoms with Gasteiger partial charge in [0, 0.05) is 29.2 Å². The van der Waals surface area contributed by atoms with Crippen molar-refractivity contribution in [3.05, 3.63) is 51.7 Å². The maximum absolute atomic E-state index is 13.1. The molecule has 0 saturated heterocycles. The maximum atomic E-state index is 13.1. The molecule has 22 heavy (non-hydrogen) atoms. The van der Waals surface area contributed by atoms with Crippen LogP contribution in [0.2, 0.25) is 0 Å². The third-order valence-electron chi connectivity index (χ3n) is 3.95. The number of benzene rings is 1. The van der Waals surface area contributed by atoms with Gasteiger partial charge in [0.05, 0.1) is 6.54 Å². The lowest BCUT2D eigenvalue weighted by Crippen LogP contribution is -2.39. The lowest BCUT2D eigenvalue weighted by Gasteiger charge is -2.32. The molecule has 2 aromatic rings. The molecule has 1 atom stereocenters. The van der Waals surface area contributed by atoms with Crippen molar-refractivity contribution in [2.24, 2.45) is 0 Å². The zero-order valence-corrected chi connectivity index (χ0v) is 12.9. The molecule has 0 fully saturated rings. The van der Waals surface area contributed by atoms with Crippen LogP contribution in [0.25, 0.3) is 0 Å². The van der Waals surface area contributed by atoms with Crippen LogP contribution in [0, 0.1) is 11.6 Å². The SMILES string of the molecule is C[C@H]1c2ccsc2CCN1CC(=O)Nc1ccc(F)c(F)c1. The Bertz CT molecular complexity index is 701. The Kier molecular flexibility index (Phi) is 4.22. The second-order valence-electron chi connectivity index (χ2n) is 5.37. The molecule has 0 radical (unpaired) electrons. The van der Waals surface area contributed by atoms with Crippen molar-refractivity contribution >= 4 is 22.9 Å². The van der Waals surface area contributed by atoms with E-state index >= 15 is 0 Å². The van der Waals surface area contributed by atoms with Crippen molar-refractivity contribution in [3.8, 4) is 0 Å². The predicted octanol–water partition coefficient (Wildman–Crippen LogP) is 3.58. The summed E-state index contributed by atoms with van der Waals surface area (Å²) in [6.45, 7) is 3.13. The summed E-state index contributed by atoms with van der Waals surface area (Å²) in [5.41, 5.74) is 1.54. The fraction of sp³-hybridized carbons (Fsp3) is 0.312. The quantitative estimate of drug-likeness (QED) is 0.937. The summed E-state index contributed by atoms with van der Waals surface area (Å²) in [5.74, 6) is -2.11. The number of halogens is 2. The fourth-order valence-electron chi connectivity index (χ4n) is 2.74. The van der Waals surface area contributed by atoms with Crippen LogP contribution in [0.4, 0.5) is 14.5 Å². The summed E-state index contributed by atoms with van der Waals surface area (Å²) in [6.07, 6.45) is 0.940. The Morgan fingerprint density at radius 2 is 2.18 bits per heavy atom.